The number of halogens is 1. The molecule has 0 aliphatic carbocycles. The van der Waals surface area contributed by atoms with E-state index in [2.05, 4.69) is 11.6 Å². The number of ether oxygens (including phenoxy) is 3. The fourth-order valence-corrected chi connectivity index (χ4v) is 2.56. The Bertz CT molecular complexity index is 864. The highest BCUT2D eigenvalue weighted by atomic mass is 19.1. The third kappa shape index (κ3) is 4.53. The lowest BCUT2D eigenvalue weighted by Crippen LogP contribution is -2.14. The Hall–Kier alpha value is -3.15. The first-order valence-electron chi connectivity index (χ1n) is 8.56. The Balaban J connectivity index is 1.62. The lowest BCUT2D eigenvalue weighted by atomic mass is 10.1. The van der Waals surface area contributed by atoms with Gasteiger partial charge >= 0.3 is 5.97 Å². The molecule has 1 aliphatic heterocycles. The van der Waals surface area contributed by atoms with Crippen molar-refractivity contribution in [2.24, 2.45) is 4.99 Å². The zero-order valence-electron chi connectivity index (χ0n) is 15.0. The minimum absolute atomic E-state index is 0.00287. The number of hydrogen-bond donors (Lipinski definition) is 0. The van der Waals surface area contributed by atoms with Crippen LogP contribution in [0.3, 0.4) is 0 Å². The molecule has 0 N–H and O–H groups in total. The van der Waals surface area contributed by atoms with E-state index in [9.17, 15) is 9.18 Å². The number of carbonyl (C=O) groups is 1. The van der Waals surface area contributed by atoms with E-state index in [1.54, 1.807) is 19.1 Å². The summed E-state index contributed by atoms with van der Waals surface area (Å²) >= 11 is 0. The number of hydrogen-bond acceptors (Lipinski definition) is 5. The first kappa shape index (κ1) is 18.6. The number of nitrogens with zero attached hydrogens (tertiary/aromatic N) is 1. The summed E-state index contributed by atoms with van der Waals surface area (Å²) in [5.41, 5.74) is 1.53. The summed E-state index contributed by atoms with van der Waals surface area (Å²) in [7, 11) is 0. The molecule has 2 aromatic carbocycles. The van der Waals surface area contributed by atoms with Crippen molar-refractivity contribution in [3.63, 3.8) is 0 Å². The Labute approximate surface area is 157 Å². The van der Waals surface area contributed by atoms with E-state index < -0.39 is 11.8 Å². The van der Waals surface area contributed by atoms with Gasteiger partial charge < -0.3 is 14.2 Å². The summed E-state index contributed by atoms with van der Waals surface area (Å²) in [6, 6.07) is 14.4. The SMILES string of the molecule is C=C(C)C(=O)OCCOc1cccc(C2=NCC(c3ccccc3)O2)c1F. The predicted octanol–water partition coefficient (Wildman–Crippen LogP) is 3.84. The largest absolute Gasteiger partial charge is 0.487 e. The summed E-state index contributed by atoms with van der Waals surface area (Å²) in [6.07, 6.45) is -0.230. The molecule has 0 saturated heterocycles. The van der Waals surface area contributed by atoms with Gasteiger partial charge in [0.2, 0.25) is 5.90 Å². The first-order chi connectivity index (χ1) is 13.1. The van der Waals surface area contributed by atoms with Crippen LogP contribution in [0.15, 0.2) is 65.7 Å². The van der Waals surface area contributed by atoms with Crippen molar-refractivity contribution in [2.75, 3.05) is 19.8 Å². The fraction of sp³-hybridized carbons (Fsp3) is 0.238. The van der Waals surface area contributed by atoms with Crippen LogP contribution in [0.2, 0.25) is 0 Å². The number of esters is 1. The van der Waals surface area contributed by atoms with Gasteiger partial charge in [0, 0.05) is 5.57 Å². The molecule has 1 unspecified atom stereocenters. The van der Waals surface area contributed by atoms with E-state index in [1.165, 1.54) is 6.07 Å². The van der Waals surface area contributed by atoms with Gasteiger partial charge in [-0.05, 0) is 24.6 Å². The molecule has 140 valence electrons. The van der Waals surface area contributed by atoms with Crippen LogP contribution < -0.4 is 4.74 Å². The molecule has 0 radical (unpaired) electrons. The highest BCUT2D eigenvalue weighted by molar-refractivity contribution is 5.96. The van der Waals surface area contributed by atoms with Crippen LogP contribution >= 0.6 is 0 Å². The molecule has 0 spiro atoms. The number of rotatable bonds is 7. The summed E-state index contributed by atoms with van der Waals surface area (Å²) in [6.45, 7) is 5.50. The molecule has 6 heteroatoms. The van der Waals surface area contributed by atoms with Gasteiger partial charge in [0.25, 0.3) is 0 Å². The zero-order valence-corrected chi connectivity index (χ0v) is 15.0. The predicted molar refractivity (Wildman–Crippen MR) is 99.3 cm³/mol. The van der Waals surface area contributed by atoms with Gasteiger partial charge in [0.05, 0.1) is 12.1 Å². The summed E-state index contributed by atoms with van der Waals surface area (Å²) in [5.74, 6) is -0.765. The zero-order chi connectivity index (χ0) is 19.2. The van der Waals surface area contributed by atoms with Crippen molar-refractivity contribution >= 4 is 11.9 Å². The maximum absolute atomic E-state index is 14.8. The van der Waals surface area contributed by atoms with Crippen LogP contribution in [0.4, 0.5) is 4.39 Å². The third-order valence-corrected chi connectivity index (χ3v) is 3.94. The average Bonchev–Trinajstić information content (AvgIpc) is 3.16. The van der Waals surface area contributed by atoms with E-state index in [1.807, 2.05) is 30.3 Å². The normalized spacial score (nSPS) is 15.6. The van der Waals surface area contributed by atoms with Crippen molar-refractivity contribution < 1.29 is 23.4 Å². The number of aliphatic imine (C=N–C) groups is 1. The second-order valence-electron chi connectivity index (χ2n) is 6.05. The van der Waals surface area contributed by atoms with Crippen molar-refractivity contribution in [1.82, 2.24) is 0 Å². The highest BCUT2D eigenvalue weighted by Gasteiger charge is 2.25. The van der Waals surface area contributed by atoms with Gasteiger partial charge in [-0.2, -0.15) is 0 Å². The van der Waals surface area contributed by atoms with E-state index in [0.29, 0.717) is 12.1 Å². The minimum Gasteiger partial charge on any atom is -0.487 e. The Morgan fingerprint density at radius 1 is 1.22 bits per heavy atom. The Morgan fingerprint density at radius 2 is 2.00 bits per heavy atom. The van der Waals surface area contributed by atoms with Gasteiger partial charge in [-0.3, -0.25) is 0 Å². The molecule has 0 aromatic heterocycles. The molecule has 0 saturated carbocycles. The van der Waals surface area contributed by atoms with Crippen molar-refractivity contribution in [1.29, 1.82) is 0 Å². The van der Waals surface area contributed by atoms with E-state index in [0.717, 1.165) is 5.56 Å². The quantitative estimate of drug-likeness (QED) is 0.423. The van der Waals surface area contributed by atoms with Gasteiger partial charge in [-0.15, -0.1) is 0 Å². The molecule has 0 bridgehead atoms. The minimum atomic E-state index is -0.559. The maximum Gasteiger partial charge on any atom is 0.333 e. The lowest BCUT2D eigenvalue weighted by molar-refractivity contribution is -0.139. The second-order valence-corrected chi connectivity index (χ2v) is 6.05. The summed E-state index contributed by atoms with van der Waals surface area (Å²) in [4.78, 5) is 15.6. The van der Waals surface area contributed by atoms with Gasteiger partial charge in [0.1, 0.15) is 19.3 Å². The van der Waals surface area contributed by atoms with Crippen LogP contribution in [0, 0.1) is 5.82 Å². The molecule has 5 nitrogen and oxygen atoms in total. The number of carbonyl (C=O) groups excluding carboxylic acids is 1. The van der Waals surface area contributed by atoms with Crippen LogP contribution in [-0.4, -0.2) is 31.6 Å². The molecular weight excluding hydrogens is 349 g/mol. The molecule has 0 amide bonds. The van der Waals surface area contributed by atoms with Crippen molar-refractivity contribution in [3.8, 4) is 5.75 Å². The maximum atomic E-state index is 14.8. The first-order valence-corrected chi connectivity index (χ1v) is 8.56. The monoisotopic (exact) mass is 369 g/mol. The summed E-state index contributed by atoms with van der Waals surface area (Å²) < 4.78 is 30.9. The molecular formula is C21H20FNO4. The van der Waals surface area contributed by atoms with Gasteiger partial charge in [-0.25, -0.2) is 14.2 Å². The van der Waals surface area contributed by atoms with Crippen LogP contribution in [0.1, 0.15) is 24.2 Å². The molecule has 1 aliphatic rings. The van der Waals surface area contributed by atoms with Crippen molar-refractivity contribution in [3.05, 3.63) is 77.6 Å². The molecule has 0 fully saturated rings. The molecule has 1 heterocycles. The standard InChI is InChI=1S/C21H20FNO4/c1-14(2)21(24)26-12-11-25-17-10-6-9-16(19(17)22)20-23-13-18(27-20)15-7-4-3-5-8-15/h3-10,18H,1,11-13H2,2H3. The number of benzene rings is 2. The van der Waals surface area contributed by atoms with Crippen LogP contribution in [0.5, 0.6) is 5.75 Å². The lowest BCUT2D eigenvalue weighted by Gasteiger charge is -2.13. The fourth-order valence-electron chi connectivity index (χ4n) is 2.56. The molecule has 1 atom stereocenters. The highest BCUT2D eigenvalue weighted by Crippen LogP contribution is 2.28. The van der Waals surface area contributed by atoms with E-state index >= 15 is 0 Å². The van der Waals surface area contributed by atoms with Gasteiger partial charge in [-0.1, -0.05) is 43.0 Å². The van der Waals surface area contributed by atoms with Crippen LogP contribution in [0.25, 0.3) is 0 Å². The van der Waals surface area contributed by atoms with Gasteiger partial charge in [0.15, 0.2) is 11.6 Å². The van der Waals surface area contributed by atoms with Crippen LogP contribution in [-0.2, 0) is 14.3 Å². The Kier molecular flexibility index (Phi) is 5.86. The Morgan fingerprint density at radius 3 is 2.74 bits per heavy atom. The second kappa shape index (κ2) is 8.49. The summed E-state index contributed by atoms with van der Waals surface area (Å²) in [5, 5.41) is 0. The van der Waals surface area contributed by atoms with E-state index in [-0.39, 0.29) is 36.5 Å². The average molecular weight is 369 g/mol. The smallest absolute Gasteiger partial charge is 0.333 e. The third-order valence-electron chi connectivity index (χ3n) is 3.94. The van der Waals surface area contributed by atoms with Crippen molar-refractivity contribution in [2.45, 2.75) is 13.0 Å². The molecule has 3 rings (SSSR count). The topological polar surface area (TPSA) is 57.1 Å². The van der Waals surface area contributed by atoms with E-state index in [4.69, 9.17) is 14.2 Å². The molecule has 27 heavy (non-hydrogen) atoms. The molecule has 2 aromatic rings.